The summed E-state index contributed by atoms with van der Waals surface area (Å²) in [7, 11) is 0. The van der Waals surface area contributed by atoms with E-state index in [2.05, 4.69) is 6.92 Å². The monoisotopic (exact) mass is 334 g/mol. The molecule has 4 nitrogen and oxygen atoms in total. The van der Waals surface area contributed by atoms with Crippen LogP contribution < -0.4 is 0 Å². The second kappa shape index (κ2) is 5.69. The third-order valence-electron chi connectivity index (χ3n) is 7.37. The molecule has 0 aliphatic heterocycles. The van der Waals surface area contributed by atoms with Crippen molar-refractivity contribution in [1.82, 2.24) is 0 Å². The number of rotatable bonds is 2. The largest absolute Gasteiger partial charge is 0.481 e. The van der Waals surface area contributed by atoms with Crippen LogP contribution in [0.2, 0.25) is 0 Å². The first kappa shape index (κ1) is 17.7. The highest BCUT2D eigenvalue weighted by atomic mass is 16.4. The van der Waals surface area contributed by atoms with E-state index in [1.54, 1.807) is 6.08 Å². The lowest BCUT2D eigenvalue weighted by Crippen LogP contribution is -2.55. The van der Waals surface area contributed by atoms with Crippen molar-refractivity contribution in [3.05, 3.63) is 11.6 Å². The van der Waals surface area contributed by atoms with Gasteiger partial charge >= 0.3 is 5.97 Å². The van der Waals surface area contributed by atoms with Crippen molar-refractivity contribution < 1.29 is 19.8 Å². The molecule has 0 aromatic heterocycles. The topological polar surface area (TPSA) is 74.6 Å². The maximum atomic E-state index is 12.7. The molecule has 0 heterocycles. The Kier molecular flexibility index (Phi) is 4.18. The van der Waals surface area contributed by atoms with Gasteiger partial charge in [-0.3, -0.25) is 9.59 Å². The molecule has 0 spiro atoms. The Balaban J connectivity index is 2.05. The van der Waals surface area contributed by atoms with Crippen LogP contribution in [0.1, 0.15) is 59.8 Å². The van der Waals surface area contributed by atoms with Crippen LogP contribution in [-0.4, -0.2) is 28.1 Å². The number of aliphatic hydroxyl groups excluding tert-OH is 1. The van der Waals surface area contributed by atoms with E-state index in [0.717, 1.165) is 31.3 Å². The van der Waals surface area contributed by atoms with Crippen LogP contribution in [0.15, 0.2) is 11.6 Å². The SMILES string of the molecule is CC(C)[C@@H]1C(=O)C=C2[C@@H](CC[C@H]3[C@@]2(C)CCC[C@]3(C)C(=O)O)[C@H]1O. The van der Waals surface area contributed by atoms with E-state index >= 15 is 0 Å². The summed E-state index contributed by atoms with van der Waals surface area (Å²) in [6.45, 7) is 7.97. The number of hydrogen-bond acceptors (Lipinski definition) is 3. The first-order valence-corrected chi connectivity index (χ1v) is 9.30. The summed E-state index contributed by atoms with van der Waals surface area (Å²) in [5.74, 6) is -0.866. The first-order valence-electron chi connectivity index (χ1n) is 9.30. The number of carboxylic acids is 1. The molecule has 0 saturated heterocycles. The van der Waals surface area contributed by atoms with Crippen LogP contribution in [0.3, 0.4) is 0 Å². The minimum atomic E-state index is -0.734. The molecular formula is C20H30O4. The Morgan fingerprint density at radius 3 is 2.50 bits per heavy atom. The van der Waals surface area contributed by atoms with Gasteiger partial charge in [-0.2, -0.15) is 0 Å². The molecule has 3 aliphatic carbocycles. The van der Waals surface area contributed by atoms with Gasteiger partial charge in [0.1, 0.15) is 0 Å². The van der Waals surface area contributed by atoms with E-state index in [9.17, 15) is 19.8 Å². The number of carbonyl (C=O) groups excluding carboxylic acids is 1. The number of allylic oxidation sites excluding steroid dienone is 1. The quantitative estimate of drug-likeness (QED) is 0.811. The fourth-order valence-corrected chi connectivity index (χ4v) is 6.06. The second-order valence-corrected chi connectivity index (χ2v) is 8.99. The van der Waals surface area contributed by atoms with Crippen LogP contribution in [0.25, 0.3) is 0 Å². The van der Waals surface area contributed by atoms with Crippen LogP contribution in [-0.2, 0) is 9.59 Å². The fourth-order valence-electron chi connectivity index (χ4n) is 6.06. The van der Waals surface area contributed by atoms with E-state index < -0.39 is 17.5 Å². The molecule has 24 heavy (non-hydrogen) atoms. The van der Waals surface area contributed by atoms with Gasteiger partial charge in [-0.15, -0.1) is 0 Å². The average molecular weight is 334 g/mol. The zero-order chi connectivity index (χ0) is 17.9. The van der Waals surface area contributed by atoms with E-state index in [1.165, 1.54) is 0 Å². The Hall–Kier alpha value is -1.16. The number of carbonyl (C=O) groups is 2. The summed E-state index contributed by atoms with van der Waals surface area (Å²) in [5.41, 5.74) is 0.00884. The van der Waals surface area contributed by atoms with E-state index in [-0.39, 0.29) is 34.9 Å². The summed E-state index contributed by atoms with van der Waals surface area (Å²) in [5, 5.41) is 20.7. The van der Waals surface area contributed by atoms with Crippen molar-refractivity contribution >= 4 is 11.8 Å². The van der Waals surface area contributed by atoms with Gasteiger partial charge in [-0.05, 0) is 55.9 Å². The number of aliphatic hydroxyl groups is 1. The molecular weight excluding hydrogens is 304 g/mol. The lowest BCUT2D eigenvalue weighted by Gasteiger charge is -2.58. The van der Waals surface area contributed by atoms with Crippen molar-refractivity contribution in [3.63, 3.8) is 0 Å². The van der Waals surface area contributed by atoms with Crippen molar-refractivity contribution in [3.8, 4) is 0 Å². The Bertz CT molecular complexity index is 592. The number of ketones is 1. The molecule has 0 aromatic carbocycles. The molecule has 0 unspecified atom stereocenters. The number of carboxylic acid groups (broad SMARTS) is 1. The molecule has 2 N–H and O–H groups in total. The minimum absolute atomic E-state index is 0.00694. The van der Waals surface area contributed by atoms with E-state index in [1.807, 2.05) is 20.8 Å². The van der Waals surface area contributed by atoms with Crippen molar-refractivity contribution in [2.75, 3.05) is 0 Å². The van der Waals surface area contributed by atoms with Gasteiger partial charge in [0.15, 0.2) is 5.78 Å². The Morgan fingerprint density at radius 2 is 1.92 bits per heavy atom. The lowest BCUT2D eigenvalue weighted by molar-refractivity contribution is -0.161. The molecule has 0 bridgehead atoms. The molecule has 2 saturated carbocycles. The Morgan fingerprint density at radius 1 is 1.25 bits per heavy atom. The molecule has 0 aromatic rings. The predicted molar refractivity (Wildman–Crippen MR) is 91.3 cm³/mol. The minimum Gasteiger partial charge on any atom is -0.481 e. The van der Waals surface area contributed by atoms with Gasteiger partial charge in [0, 0.05) is 5.92 Å². The number of aliphatic carboxylic acids is 1. The smallest absolute Gasteiger partial charge is 0.309 e. The maximum absolute atomic E-state index is 12.7. The van der Waals surface area contributed by atoms with Crippen molar-refractivity contribution in [2.45, 2.75) is 65.9 Å². The summed E-state index contributed by atoms with van der Waals surface area (Å²) in [6.07, 6.45) is 5.22. The lowest BCUT2D eigenvalue weighted by atomic mass is 9.46. The second-order valence-electron chi connectivity index (χ2n) is 8.99. The molecule has 3 rings (SSSR count). The van der Waals surface area contributed by atoms with Crippen molar-refractivity contribution in [1.29, 1.82) is 0 Å². The average Bonchev–Trinajstić information content (AvgIpc) is 2.47. The molecule has 6 atom stereocenters. The van der Waals surface area contributed by atoms with Crippen LogP contribution in [0.4, 0.5) is 0 Å². The third kappa shape index (κ3) is 2.29. The van der Waals surface area contributed by atoms with Gasteiger partial charge in [-0.1, -0.05) is 32.8 Å². The van der Waals surface area contributed by atoms with Gasteiger partial charge < -0.3 is 10.2 Å². The summed E-state index contributed by atoms with van der Waals surface area (Å²) >= 11 is 0. The van der Waals surface area contributed by atoms with Crippen molar-refractivity contribution in [2.24, 2.45) is 34.5 Å². The van der Waals surface area contributed by atoms with E-state index in [0.29, 0.717) is 6.42 Å². The standard InChI is InChI=1S/C20H30O4/c1-11(2)16-14(21)10-13-12(17(16)22)6-7-15-19(13,3)8-5-9-20(15,4)18(23)24/h10-12,15-17,22H,5-9H2,1-4H3,(H,23,24)/t12-,15+,16-,17-,19+,20+/m1/s1. The zero-order valence-corrected chi connectivity index (χ0v) is 15.2. The summed E-state index contributed by atoms with van der Waals surface area (Å²) < 4.78 is 0. The number of fused-ring (bicyclic) bond motifs is 3. The molecule has 0 radical (unpaired) electrons. The highest BCUT2D eigenvalue weighted by Gasteiger charge is 2.59. The number of hydrogen-bond donors (Lipinski definition) is 2. The molecule has 4 heteroatoms. The molecule has 134 valence electrons. The maximum Gasteiger partial charge on any atom is 0.309 e. The van der Waals surface area contributed by atoms with Gasteiger partial charge in [0.05, 0.1) is 17.4 Å². The zero-order valence-electron chi connectivity index (χ0n) is 15.2. The van der Waals surface area contributed by atoms with Crippen LogP contribution >= 0.6 is 0 Å². The van der Waals surface area contributed by atoms with Crippen LogP contribution in [0.5, 0.6) is 0 Å². The third-order valence-corrected chi connectivity index (χ3v) is 7.37. The van der Waals surface area contributed by atoms with Gasteiger partial charge in [-0.25, -0.2) is 0 Å². The van der Waals surface area contributed by atoms with Gasteiger partial charge in [0.25, 0.3) is 0 Å². The Labute approximate surface area is 144 Å². The van der Waals surface area contributed by atoms with Crippen LogP contribution in [0, 0.1) is 34.5 Å². The highest BCUT2D eigenvalue weighted by molar-refractivity contribution is 5.94. The first-order chi connectivity index (χ1) is 11.1. The molecule has 3 aliphatic rings. The fraction of sp³-hybridized carbons (Fsp3) is 0.800. The molecule has 2 fully saturated rings. The summed E-state index contributed by atoms with van der Waals surface area (Å²) in [4.78, 5) is 24.6. The van der Waals surface area contributed by atoms with E-state index in [4.69, 9.17) is 0 Å². The predicted octanol–water partition coefficient (Wildman–Crippen LogP) is 3.44. The van der Waals surface area contributed by atoms with Gasteiger partial charge in [0.2, 0.25) is 0 Å². The summed E-state index contributed by atoms with van der Waals surface area (Å²) in [6, 6.07) is 0. The highest BCUT2D eigenvalue weighted by Crippen LogP contribution is 2.62. The molecule has 0 amide bonds. The normalized spacial score (nSPS) is 45.4.